The second kappa shape index (κ2) is 3.20. The van der Waals surface area contributed by atoms with Crippen LogP contribution in [0, 0.1) is 13.8 Å². The molecule has 80 valence electrons. The number of imidazole rings is 1. The lowest BCUT2D eigenvalue weighted by atomic mass is 10.4. The first-order valence-electron chi connectivity index (χ1n) is 5.21. The van der Waals surface area contributed by atoms with Gasteiger partial charge in [-0.1, -0.05) is 6.07 Å². The third-order valence-corrected chi connectivity index (χ3v) is 2.63. The van der Waals surface area contributed by atoms with Crippen molar-refractivity contribution in [2.24, 2.45) is 0 Å². The molecule has 4 heteroatoms. The monoisotopic (exact) mass is 212 g/mol. The van der Waals surface area contributed by atoms with Gasteiger partial charge < -0.3 is 0 Å². The molecule has 3 rings (SSSR count). The molecular weight excluding hydrogens is 200 g/mol. The van der Waals surface area contributed by atoms with Gasteiger partial charge in [0, 0.05) is 18.1 Å². The molecule has 0 saturated carbocycles. The molecule has 3 heterocycles. The Morgan fingerprint density at radius 3 is 2.81 bits per heavy atom. The minimum absolute atomic E-state index is 0.935. The van der Waals surface area contributed by atoms with Crippen LogP contribution in [0.5, 0.6) is 0 Å². The molecule has 0 aliphatic heterocycles. The third-order valence-electron chi connectivity index (χ3n) is 2.63. The first kappa shape index (κ1) is 9.15. The molecule has 0 bridgehead atoms. The summed E-state index contributed by atoms with van der Waals surface area (Å²) in [7, 11) is 0. The molecule has 0 fully saturated rings. The molecule has 0 spiro atoms. The quantitative estimate of drug-likeness (QED) is 0.619. The standard InChI is InChI=1S/C12H12N4/c1-9-8-10(2)16(14-9)12-5-3-4-11-13-6-7-15(11)12/h3-8H,1-2H3. The number of rotatable bonds is 1. The highest BCUT2D eigenvalue weighted by Crippen LogP contribution is 2.13. The van der Waals surface area contributed by atoms with E-state index < -0.39 is 0 Å². The van der Waals surface area contributed by atoms with Crippen LogP contribution in [-0.2, 0) is 0 Å². The first-order valence-corrected chi connectivity index (χ1v) is 5.21. The lowest BCUT2D eigenvalue weighted by Crippen LogP contribution is -2.04. The van der Waals surface area contributed by atoms with Crippen LogP contribution in [0.4, 0.5) is 0 Å². The molecule has 3 aromatic rings. The number of aromatic nitrogens is 4. The van der Waals surface area contributed by atoms with Gasteiger partial charge in [0.05, 0.1) is 5.69 Å². The molecular formula is C12H12N4. The van der Waals surface area contributed by atoms with E-state index in [1.54, 1.807) is 6.20 Å². The molecule has 0 saturated heterocycles. The van der Waals surface area contributed by atoms with Gasteiger partial charge in [0.2, 0.25) is 0 Å². The number of hydrogen-bond acceptors (Lipinski definition) is 2. The van der Waals surface area contributed by atoms with Crippen LogP contribution < -0.4 is 0 Å². The second-order valence-corrected chi connectivity index (χ2v) is 3.88. The Labute approximate surface area is 93.2 Å². The minimum Gasteiger partial charge on any atom is -0.284 e. The van der Waals surface area contributed by atoms with Gasteiger partial charge >= 0.3 is 0 Å². The summed E-state index contributed by atoms with van der Waals surface area (Å²) in [6, 6.07) is 8.08. The van der Waals surface area contributed by atoms with E-state index in [0.29, 0.717) is 0 Å². The molecule has 0 aliphatic carbocycles. The number of hydrogen-bond donors (Lipinski definition) is 0. The van der Waals surface area contributed by atoms with Crippen molar-refractivity contribution in [3.05, 3.63) is 48.0 Å². The molecule has 0 unspecified atom stereocenters. The predicted octanol–water partition coefficient (Wildman–Crippen LogP) is 2.14. The van der Waals surface area contributed by atoms with Gasteiger partial charge in [-0.2, -0.15) is 5.10 Å². The maximum absolute atomic E-state index is 4.48. The maximum atomic E-state index is 4.48. The van der Waals surface area contributed by atoms with Crippen LogP contribution in [0.25, 0.3) is 11.5 Å². The fraction of sp³-hybridized carbons (Fsp3) is 0.167. The van der Waals surface area contributed by atoms with Crippen molar-refractivity contribution in [1.82, 2.24) is 19.2 Å². The van der Waals surface area contributed by atoms with E-state index in [2.05, 4.69) is 23.1 Å². The Kier molecular flexibility index (Phi) is 1.83. The number of aryl methyl sites for hydroxylation is 2. The Balaban J connectivity index is 2.33. The summed E-state index contributed by atoms with van der Waals surface area (Å²) in [5.41, 5.74) is 3.08. The van der Waals surface area contributed by atoms with Gasteiger partial charge in [0.15, 0.2) is 0 Å². The van der Waals surface area contributed by atoms with Gasteiger partial charge in [-0.25, -0.2) is 9.67 Å². The number of fused-ring (bicyclic) bond motifs is 1. The van der Waals surface area contributed by atoms with Gasteiger partial charge in [-0.15, -0.1) is 0 Å². The SMILES string of the molecule is Cc1cc(C)n(-c2cccc3nccn23)n1. The van der Waals surface area contributed by atoms with Gasteiger partial charge in [-0.3, -0.25) is 4.40 Å². The van der Waals surface area contributed by atoms with Gasteiger partial charge in [0.1, 0.15) is 11.5 Å². The molecule has 4 nitrogen and oxygen atoms in total. The molecule has 0 radical (unpaired) electrons. The minimum atomic E-state index is 0.935. The van der Waals surface area contributed by atoms with Gasteiger partial charge in [-0.05, 0) is 32.0 Å². The first-order chi connectivity index (χ1) is 7.75. The van der Waals surface area contributed by atoms with E-state index in [-0.39, 0.29) is 0 Å². The largest absolute Gasteiger partial charge is 0.284 e. The summed E-state index contributed by atoms with van der Waals surface area (Å²) in [6.45, 7) is 4.05. The smallest absolute Gasteiger partial charge is 0.140 e. The predicted molar refractivity (Wildman–Crippen MR) is 61.8 cm³/mol. The second-order valence-electron chi connectivity index (χ2n) is 3.88. The zero-order valence-corrected chi connectivity index (χ0v) is 9.25. The van der Waals surface area contributed by atoms with Crippen LogP contribution in [0.2, 0.25) is 0 Å². The van der Waals surface area contributed by atoms with E-state index in [9.17, 15) is 0 Å². The number of nitrogens with zero attached hydrogens (tertiary/aromatic N) is 4. The molecule has 0 aliphatic rings. The van der Waals surface area contributed by atoms with Crippen molar-refractivity contribution >= 4 is 5.65 Å². The van der Waals surface area contributed by atoms with Crippen molar-refractivity contribution in [2.75, 3.05) is 0 Å². The van der Waals surface area contributed by atoms with Crippen molar-refractivity contribution in [1.29, 1.82) is 0 Å². The highest BCUT2D eigenvalue weighted by Gasteiger charge is 2.06. The van der Waals surface area contributed by atoms with E-state index in [1.807, 2.05) is 40.4 Å². The molecule has 3 aromatic heterocycles. The molecule has 0 atom stereocenters. The van der Waals surface area contributed by atoms with E-state index in [1.165, 1.54) is 0 Å². The summed E-state index contributed by atoms with van der Waals surface area (Å²) in [6.07, 6.45) is 3.74. The van der Waals surface area contributed by atoms with Crippen LogP contribution in [0.15, 0.2) is 36.7 Å². The Hall–Kier alpha value is -2.10. The van der Waals surface area contributed by atoms with Crippen LogP contribution in [0.1, 0.15) is 11.4 Å². The maximum Gasteiger partial charge on any atom is 0.140 e. The summed E-state index contributed by atoms with van der Waals surface area (Å²) in [5.74, 6) is 1.01. The van der Waals surface area contributed by atoms with E-state index in [0.717, 1.165) is 22.9 Å². The molecule has 0 aromatic carbocycles. The van der Waals surface area contributed by atoms with Crippen molar-refractivity contribution in [3.8, 4) is 5.82 Å². The average Bonchev–Trinajstić information content (AvgIpc) is 2.84. The normalized spacial score (nSPS) is 11.1. The van der Waals surface area contributed by atoms with E-state index >= 15 is 0 Å². The molecule has 0 N–H and O–H groups in total. The Bertz CT molecular complexity index is 648. The highest BCUT2D eigenvalue weighted by atomic mass is 15.3. The summed E-state index contributed by atoms with van der Waals surface area (Å²) in [5, 5.41) is 4.48. The van der Waals surface area contributed by atoms with Crippen LogP contribution in [0.3, 0.4) is 0 Å². The summed E-state index contributed by atoms with van der Waals surface area (Å²) >= 11 is 0. The topological polar surface area (TPSA) is 35.1 Å². The lowest BCUT2D eigenvalue weighted by molar-refractivity contribution is 0.792. The molecule has 16 heavy (non-hydrogen) atoms. The third kappa shape index (κ3) is 1.23. The highest BCUT2D eigenvalue weighted by molar-refractivity contribution is 5.44. The van der Waals surface area contributed by atoms with Gasteiger partial charge in [0.25, 0.3) is 0 Å². The fourth-order valence-corrected chi connectivity index (χ4v) is 1.97. The number of pyridine rings is 1. The average molecular weight is 212 g/mol. The van der Waals surface area contributed by atoms with Crippen molar-refractivity contribution < 1.29 is 0 Å². The lowest BCUT2D eigenvalue weighted by Gasteiger charge is -2.06. The summed E-state index contributed by atoms with van der Waals surface area (Å²) in [4.78, 5) is 4.26. The summed E-state index contributed by atoms with van der Waals surface area (Å²) < 4.78 is 3.96. The Morgan fingerprint density at radius 1 is 1.19 bits per heavy atom. The van der Waals surface area contributed by atoms with E-state index in [4.69, 9.17) is 0 Å². The Morgan fingerprint density at radius 2 is 2.06 bits per heavy atom. The molecule has 0 amide bonds. The zero-order valence-electron chi connectivity index (χ0n) is 9.25. The fourth-order valence-electron chi connectivity index (χ4n) is 1.97. The van der Waals surface area contributed by atoms with Crippen molar-refractivity contribution in [3.63, 3.8) is 0 Å². The van der Waals surface area contributed by atoms with Crippen LogP contribution >= 0.6 is 0 Å². The van der Waals surface area contributed by atoms with Crippen LogP contribution in [-0.4, -0.2) is 19.2 Å². The van der Waals surface area contributed by atoms with Crippen molar-refractivity contribution in [2.45, 2.75) is 13.8 Å². The zero-order chi connectivity index (χ0) is 11.1.